The number of hydrogen-bond acceptors (Lipinski definition) is 4. The molecule has 0 fully saturated rings. The first-order valence-electron chi connectivity index (χ1n) is 3.24. The second-order valence-electron chi connectivity index (χ2n) is 2.99. The quantitative estimate of drug-likeness (QED) is 0.490. The summed E-state index contributed by atoms with van der Waals surface area (Å²) in [5, 5.41) is 7.55. The van der Waals surface area contributed by atoms with E-state index in [4.69, 9.17) is 9.88 Å². The number of alkyl carbamates (subject to hydrolysis) is 1. The summed E-state index contributed by atoms with van der Waals surface area (Å²) >= 11 is 1.04. The van der Waals surface area contributed by atoms with Crippen LogP contribution in [0.15, 0.2) is 0 Å². The molecule has 0 heterocycles. The summed E-state index contributed by atoms with van der Waals surface area (Å²) in [4.78, 5) is 10.8. The van der Waals surface area contributed by atoms with E-state index in [1.165, 1.54) is 0 Å². The lowest BCUT2D eigenvalue weighted by atomic mass is 10.2. The average molecular weight is 178 g/mol. The molecule has 0 atom stereocenters. The molecule has 0 aliphatic carbocycles. The van der Waals surface area contributed by atoms with Crippen LogP contribution in [-0.2, 0) is 4.74 Å². The first-order valence-corrected chi connectivity index (χ1v) is 4.29. The van der Waals surface area contributed by atoms with Crippen LogP contribution in [0.25, 0.3) is 0 Å². The van der Waals surface area contributed by atoms with E-state index in [9.17, 15) is 4.79 Å². The Labute approximate surface area is 71.0 Å². The van der Waals surface area contributed by atoms with Gasteiger partial charge in [0.05, 0.1) is 5.88 Å². The van der Waals surface area contributed by atoms with Gasteiger partial charge in [-0.2, -0.15) is 0 Å². The van der Waals surface area contributed by atoms with Crippen LogP contribution in [0.5, 0.6) is 0 Å². The van der Waals surface area contributed by atoms with Crippen LogP contribution in [0.3, 0.4) is 0 Å². The maximum atomic E-state index is 10.8. The summed E-state index contributed by atoms with van der Waals surface area (Å²) in [5.41, 5.74) is -0.441. The van der Waals surface area contributed by atoms with Crippen molar-refractivity contribution in [2.24, 2.45) is 5.14 Å². The summed E-state index contributed by atoms with van der Waals surface area (Å²) < 4.78 is 4.92. The summed E-state index contributed by atoms with van der Waals surface area (Å²) in [5.74, 6) is 0.370. The van der Waals surface area contributed by atoms with Gasteiger partial charge in [0.25, 0.3) is 0 Å². The Hall–Kier alpha value is -0.420. The number of amides is 1. The fraction of sp³-hybridized carbons (Fsp3) is 0.833. The van der Waals surface area contributed by atoms with Gasteiger partial charge in [0, 0.05) is 0 Å². The molecule has 0 saturated heterocycles. The van der Waals surface area contributed by atoms with Crippen molar-refractivity contribution in [3.63, 3.8) is 0 Å². The molecule has 0 radical (unpaired) electrons. The van der Waals surface area contributed by atoms with E-state index in [0.717, 1.165) is 11.9 Å². The van der Waals surface area contributed by atoms with Gasteiger partial charge in [-0.25, -0.2) is 4.79 Å². The fourth-order valence-corrected chi connectivity index (χ4v) is 0.616. The Balaban J connectivity index is 3.53. The van der Waals surface area contributed by atoms with Crippen LogP contribution in [0.2, 0.25) is 0 Å². The van der Waals surface area contributed by atoms with E-state index in [2.05, 4.69) is 5.32 Å². The van der Waals surface area contributed by atoms with Crippen LogP contribution in [-0.4, -0.2) is 17.6 Å². The Morgan fingerprint density at radius 2 is 2.18 bits per heavy atom. The fourth-order valence-electron chi connectivity index (χ4n) is 0.415. The number of carbonyl (C=O) groups is 1. The molecule has 0 bridgehead atoms. The van der Waals surface area contributed by atoms with Crippen molar-refractivity contribution in [3.8, 4) is 0 Å². The third kappa shape index (κ3) is 7.48. The minimum absolute atomic E-state index is 0.370. The molecule has 11 heavy (non-hydrogen) atoms. The maximum absolute atomic E-state index is 10.8. The molecule has 3 N–H and O–H groups in total. The van der Waals surface area contributed by atoms with Gasteiger partial charge in [-0.05, 0) is 20.8 Å². The maximum Gasteiger partial charge on any atom is 0.408 e. The second-order valence-corrected chi connectivity index (χ2v) is 3.61. The number of nitrogens with two attached hydrogens (primary N) is 1. The molecule has 0 aliphatic rings. The van der Waals surface area contributed by atoms with Gasteiger partial charge < -0.3 is 10.1 Å². The highest BCUT2D eigenvalue weighted by molar-refractivity contribution is 7.97. The molecular weight excluding hydrogens is 164 g/mol. The molecule has 0 aromatic heterocycles. The third-order valence-corrected chi connectivity index (χ3v) is 1.01. The lowest BCUT2D eigenvalue weighted by Gasteiger charge is -2.19. The zero-order valence-electron chi connectivity index (χ0n) is 7.01. The number of carbonyl (C=O) groups excluding carboxylic acids is 1. The van der Waals surface area contributed by atoms with Gasteiger partial charge in [0.1, 0.15) is 5.60 Å². The van der Waals surface area contributed by atoms with E-state index in [-0.39, 0.29) is 0 Å². The molecule has 0 aliphatic heterocycles. The summed E-state index contributed by atoms with van der Waals surface area (Å²) in [7, 11) is 0. The van der Waals surface area contributed by atoms with Crippen molar-refractivity contribution >= 4 is 18.0 Å². The van der Waals surface area contributed by atoms with Gasteiger partial charge >= 0.3 is 6.09 Å². The van der Waals surface area contributed by atoms with E-state index in [0.29, 0.717) is 5.88 Å². The van der Waals surface area contributed by atoms with Gasteiger partial charge in [-0.3, -0.25) is 5.14 Å². The first-order chi connectivity index (χ1) is 4.95. The molecule has 0 rings (SSSR count). The normalized spacial score (nSPS) is 10.9. The van der Waals surface area contributed by atoms with Crippen molar-refractivity contribution in [2.75, 3.05) is 5.88 Å². The summed E-state index contributed by atoms with van der Waals surface area (Å²) in [6.07, 6.45) is -0.435. The van der Waals surface area contributed by atoms with E-state index < -0.39 is 11.7 Å². The molecule has 1 amide bonds. The van der Waals surface area contributed by atoms with E-state index in [1.807, 2.05) is 20.8 Å². The van der Waals surface area contributed by atoms with E-state index >= 15 is 0 Å². The van der Waals surface area contributed by atoms with Crippen molar-refractivity contribution in [3.05, 3.63) is 0 Å². The van der Waals surface area contributed by atoms with Crippen LogP contribution in [0.4, 0.5) is 4.79 Å². The first kappa shape index (κ1) is 10.6. The van der Waals surface area contributed by atoms with E-state index in [1.54, 1.807) is 0 Å². The predicted octanol–water partition coefficient (Wildman–Crippen LogP) is 1.08. The molecule has 5 heteroatoms. The van der Waals surface area contributed by atoms with Crippen LogP contribution in [0, 0.1) is 0 Å². The monoisotopic (exact) mass is 178 g/mol. The van der Waals surface area contributed by atoms with Crippen LogP contribution in [0.1, 0.15) is 20.8 Å². The summed E-state index contributed by atoms with van der Waals surface area (Å²) in [6.45, 7) is 5.42. The zero-order valence-corrected chi connectivity index (χ0v) is 7.83. The predicted molar refractivity (Wildman–Crippen MR) is 46.0 cm³/mol. The van der Waals surface area contributed by atoms with Crippen LogP contribution >= 0.6 is 11.9 Å². The lowest BCUT2D eigenvalue weighted by Crippen LogP contribution is -2.32. The number of hydrogen-bond donors (Lipinski definition) is 2. The molecule has 66 valence electrons. The Morgan fingerprint density at radius 1 is 1.64 bits per heavy atom. The standard InChI is InChI=1S/C6H14N2O2S/c1-6(2,3)10-5(9)8-4-11-7/h4,7H2,1-3H3,(H,8,9). The zero-order chi connectivity index (χ0) is 8.91. The summed E-state index contributed by atoms with van der Waals surface area (Å²) in [6, 6.07) is 0. The molecule has 0 spiro atoms. The molecule has 0 aromatic carbocycles. The van der Waals surface area contributed by atoms with Gasteiger partial charge in [0.15, 0.2) is 0 Å². The van der Waals surface area contributed by atoms with Crippen LogP contribution < -0.4 is 10.5 Å². The molecule has 4 nitrogen and oxygen atoms in total. The highest BCUT2D eigenvalue weighted by Gasteiger charge is 2.14. The third-order valence-electron chi connectivity index (χ3n) is 0.699. The largest absolute Gasteiger partial charge is 0.444 e. The molecular formula is C6H14N2O2S. The SMILES string of the molecule is CC(C)(C)OC(=O)NCSN. The minimum Gasteiger partial charge on any atom is -0.444 e. The highest BCUT2D eigenvalue weighted by Crippen LogP contribution is 2.06. The Bertz CT molecular complexity index is 133. The minimum atomic E-state index is -0.441. The average Bonchev–Trinajstić information content (AvgIpc) is 1.79. The Morgan fingerprint density at radius 3 is 2.55 bits per heavy atom. The number of rotatable bonds is 2. The van der Waals surface area contributed by atoms with Crippen molar-refractivity contribution in [2.45, 2.75) is 26.4 Å². The lowest BCUT2D eigenvalue weighted by molar-refractivity contribution is 0.0538. The van der Waals surface area contributed by atoms with Crippen molar-refractivity contribution in [1.29, 1.82) is 0 Å². The number of ether oxygens (including phenoxy) is 1. The van der Waals surface area contributed by atoms with Gasteiger partial charge in [-0.1, -0.05) is 11.9 Å². The van der Waals surface area contributed by atoms with Crippen molar-refractivity contribution in [1.82, 2.24) is 5.32 Å². The van der Waals surface area contributed by atoms with Crippen molar-refractivity contribution < 1.29 is 9.53 Å². The molecule has 0 saturated carbocycles. The Kier molecular flexibility index (Phi) is 4.29. The molecule has 0 aromatic rings. The highest BCUT2D eigenvalue weighted by atomic mass is 32.2. The van der Waals surface area contributed by atoms with Gasteiger partial charge in [0.2, 0.25) is 0 Å². The smallest absolute Gasteiger partial charge is 0.408 e. The molecule has 0 unspecified atom stereocenters. The second kappa shape index (κ2) is 4.46. The topological polar surface area (TPSA) is 64.3 Å². The number of nitrogens with one attached hydrogen (secondary N) is 1. The van der Waals surface area contributed by atoms with Gasteiger partial charge in [-0.15, -0.1) is 0 Å².